The summed E-state index contributed by atoms with van der Waals surface area (Å²) < 4.78 is 10.3. The Kier molecular flexibility index (Phi) is 6.71. The van der Waals surface area contributed by atoms with Gasteiger partial charge in [-0.1, -0.05) is 6.07 Å². The molecule has 1 atom stereocenters. The van der Waals surface area contributed by atoms with Crippen LogP contribution in [0.4, 0.5) is 0 Å². The number of carbonyl (C=O) groups is 4. The van der Waals surface area contributed by atoms with Gasteiger partial charge in [-0.05, 0) is 50.6 Å². The first kappa shape index (κ1) is 21.8. The van der Waals surface area contributed by atoms with Gasteiger partial charge in [0.1, 0.15) is 6.04 Å². The third-order valence-corrected chi connectivity index (χ3v) is 5.92. The van der Waals surface area contributed by atoms with Gasteiger partial charge < -0.3 is 19.4 Å². The zero-order valence-corrected chi connectivity index (χ0v) is 18.0. The molecule has 2 aromatic rings. The summed E-state index contributed by atoms with van der Waals surface area (Å²) in [5.74, 6) is -1.76. The van der Waals surface area contributed by atoms with Crippen molar-refractivity contribution in [3.8, 4) is 0 Å². The molecule has 0 unspecified atom stereocenters. The van der Waals surface area contributed by atoms with Gasteiger partial charge in [0, 0.05) is 12.2 Å². The number of hydrogen-bond donors (Lipinski definition) is 1. The van der Waals surface area contributed by atoms with E-state index in [1.807, 2.05) is 0 Å². The molecule has 1 aliphatic heterocycles. The second kappa shape index (κ2) is 9.25. The molecule has 0 aliphatic carbocycles. The fourth-order valence-corrected chi connectivity index (χ4v) is 4.32. The van der Waals surface area contributed by atoms with Crippen LogP contribution >= 0.6 is 11.3 Å². The minimum Gasteiger partial charge on any atom is -0.462 e. The summed E-state index contributed by atoms with van der Waals surface area (Å²) in [4.78, 5) is 54.8. The van der Waals surface area contributed by atoms with E-state index in [-0.39, 0.29) is 18.2 Å². The summed E-state index contributed by atoms with van der Waals surface area (Å²) in [5.41, 5.74) is 1.50. The van der Waals surface area contributed by atoms with Gasteiger partial charge in [-0.25, -0.2) is 9.59 Å². The van der Waals surface area contributed by atoms with Gasteiger partial charge in [0.15, 0.2) is 6.61 Å². The molecule has 1 N–H and O–H groups in total. The van der Waals surface area contributed by atoms with Crippen LogP contribution in [0.15, 0.2) is 17.5 Å². The highest BCUT2D eigenvalue weighted by molar-refractivity contribution is 7.12. The summed E-state index contributed by atoms with van der Waals surface area (Å²) in [6, 6.07) is 2.80. The van der Waals surface area contributed by atoms with Crippen molar-refractivity contribution in [3.63, 3.8) is 0 Å². The minimum atomic E-state index is -0.700. The first-order chi connectivity index (χ1) is 14.3. The van der Waals surface area contributed by atoms with Crippen LogP contribution in [0, 0.1) is 13.8 Å². The monoisotopic (exact) mass is 432 g/mol. The predicted molar refractivity (Wildman–Crippen MR) is 110 cm³/mol. The maximum atomic E-state index is 12.6. The van der Waals surface area contributed by atoms with Gasteiger partial charge in [0.25, 0.3) is 5.91 Å². The molecule has 0 aromatic carbocycles. The number of esters is 2. The van der Waals surface area contributed by atoms with E-state index in [1.165, 1.54) is 16.2 Å². The molecule has 1 fully saturated rings. The molecule has 30 heavy (non-hydrogen) atoms. The Labute approximate surface area is 178 Å². The van der Waals surface area contributed by atoms with Gasteiger partial charge in [-0.2, -0.15) is 0 Å². The highest BCUT2D eigenvalue weighted by Crippen LogP contribution is 2.24. The van der Waals surface area contributed by atoms with Crippen LogP contribution in [-0.4, -0.2) is 59.3 Å². The Bertz CT molecular complexity index is 963. The number of amides is 1. The number of H-pyrrole nitrogens is 1. The van der Waals surface area contributed by atoms with E-state index in [4.69, 9.17) is 9.47 Å². The number of aromatic nitrogens is 1. The highest BCUT2D eigenvalue weighted by atomic mass is 32.1. The highest BCUT2D eigenvalue weighted by Gasteiger charge is 2.36. The number of Topliss-reactive ketones (excluding diaryl/α,β-unsaturated/α-hetero) is 1. The molecule has 1 amide bonds. The number of carbonyl (C=O) groups excluding carboxylic acids is 4. The Morgan fingerprint density at radius 3 is 2.67 bits per heavy atom. The van der Waals surface area contributed by atoms with Crippen molar-refractivity contribution >= 4 is 35.0 Å². The van der Waals surface area contributed by atoms with Crippen LogP contribution in [0.2, 0.25) is 0 Å². The molecule has 8 nitrogen and oxygen atoms in total. The molecule has 0 radical (unpaired) electrons. The summed E-state index contributed by atoms with van der Waals surface area (Å²) >= 11 is 1.32. The van der Waals surface area contributed by atoms with Crippen molar-refractivity contribution in [2.24, 2.45) is 0 Å². The number of nitrogens with one attached hydrogen (secondary N) is 1. The number of ketones is 1. The molecule has 0 spiro atoms. The van der Waals surface area contributed by atoms with E-state index in [0.717, 1.165) is 0 Å². The lowest BCUT2D eigenvalue weighted by molar-refractivity contribution is -0.147. The molecular formula is C21H24N2O6S. The molecule has 9 heteroatoms. The third kappa shape index (κ3) is 4.30. The predicted octanol–water partition coefficient (Wildman–Crippen LogP) is 2.90. The van der Waals surface area contributed by atoms with Crippen LogP contribution in [0.1, 0.15) is 61.5 Å². The zero-order chi connectivity index (χ0) is 21.8. The smallest absolute Gasteiger partial charge is 0.340 e. The van der Waals surface area contributed by atoms with Crippen LogP contribution < -0.4 is 0 Å². The van der Waals surface area contributed by atoms with E-state index in [0.29, 0.717) is 41.1 Å². The van der Waals surface area contributed by atoms with Crippen molar-refractivity contribution in [1.29, 1.82) is 0 Å². The lowest BCUT2D eigenvalue weighted by Crippen LogP contribution is -2.41. The molecule has 0 saturated carbocycles. The number of nitrogens with zero attached hydrogens (tertiary/aromatic N) is 1. The number of aromatic amines is 1. The van der Waals surface area contributed by atoms with Crippen molar-refractivity contribution in [3.05, 3.63) is 44.9 Å². The Balaban J connectivity index is 1.65. The molecule has 160 valence electrons. The molecular weight excluding hydrogens is 408 g/mol. The van der Waals surface area contributed by atoms with Gasteiger partial charge in [-0.3, -0.25) is 9.59 Å². The molecule has 2 aromatic heterocycles. The summed E-state index contributed by atoms with van der Waals surface area (Å²) in [5, 5.41) is 1.81. The first-order valence-corrected chi connectivity index (χ1v) is 10.6. The van der Waals surface area contributed by atoms with Crippen LogP contribution in [-0.2, 0) is 14.3 Å². The van der Waals surface area contributed by atoms with Gasteiger partial charge in [0.2, 0.25) is 5.78 Å². The number of ether oxygens (including phenoxy) is 2. The molecule has 3 heterocycles. The van der Waals surface area contributed by atoms with E-state index in [9.17, 15) is 19.2 Å². The van der Waals surface area contributed by atoms with Crippen LogP contribution in [0.5, 0.6) is 0 Å². The van der Waals surface area contributed by atoms with Crippen molar-refractivity contribution in [2.75, 3.05) is 19.8 Å². The second-order valence-electron chi connectivity index (χ2n) is 7.01. The van der Waals surface area contributed by atoms with Gasteiger partial charge >= 0.3 is 11.9 Å². The average molecular weight is 432 g/mol. The van der Waals surface area contributed by atoms with E-state index < -0.39 is 30.4 Å². The zero-order valence-electron chi connectivity index (χ0n) is 17.1. The molecule has 1 aliphatic rings. The topological polar surface area (TPSA) is 106 Å². The van der Waals surface area contributed by atoms with E-state index >= 15 is 0 Å². The van der Waals surface area contributed by atoms with Crippen molar-refractivity contribution < 1.29 is 28.7 Å². The van der Waals surface area contributed by atoms with Crippen LogP contribution in [0.25, 0.3) is 0 Å². The van der Waals surface area contributed by atoms with E-state index in [2.05, 4.69) is 4.98 Å². The summed E-state index contributed by atoms with van der Waals surface area (Å²) in [6.07, 6.45) is 1.19. The van der Waals surface area contributed by atoms with Crippen molar-refractivity contribution in [2.45, 2.75) is 39.7 Å². The normalized spacial score (nSPS) is 15.8. The Hall–Kier alpha value is -2.94. The van der Waals surface area contributed by atoms with E-state index in [1.54, 1.807) is 38.3 Å². The standard InChI is InChI=1S/C21H24N2O6S/c1-4-28-21(27)17-12(2)18(22-13(17)3)15(24)11-29-20(26)14-7-5-9-23(14)19(25)16-8-6-10-30-16/h6,8,10,14,22H,4-5,7,9,11H2,1-3H3/t14-/m0/s1. The maximum absolute atomic E-state index is 12.6. The lowest BCUT2D eigenvalue weighted by atomic mass is 10.1. The Morgan fingerprint density at radius 1 is 1.23 bits per heavy atom. The quantitative estimate of drug-likeness (QED) is 0.533. The summed E-state index contributed by atoms with van der Waals surface area (Å²) in [6.45, 7) is 5.25. The number of aryl methyl sites for hydroxylation is 1. The largest absolute Gasteiger partial charge is 0.462 e. The fraction of sp³-hybridized carbons (Fsp3) is 0.429. The first-order valence-electron chi connectivity index (χ1n) is 9.75. The maximum Gasteiger partial charge on any atom is 0.340 e. The number of likely N-dealkylation sites (tertiary alicyclic amines) is 1. The fourth-order valence-electron chi connectivity index (χ4n) is 3.64. The summed E-state index contributed by atoms with van der Waals surface area (Å²) in [7, 11) is 0. The SMILES string of the molecule is CCOC(=O)c1c(C)[nH]c(C(=O)COC(=O)[C@@H]2CCCN2C(=O)c2cccs2)c1C. The van der Waals surface area contributed by atoms with Gasteiger partial charge in [-0.15, -0.1) is 11.3 Å². The second-order valence-corrected chi connectivity index (χ2v) is 7.96. The minimum absolute atomic E-state index is 0.203. The molecule has 1 saturated heterocycles. The Morgan fingerprint density at radius 2 is 2.00 bits per heavy atom. The van der Waals surface area contributed by atoms with Gasteiger partial charge in [0.05, 0.1) is 22.7 Å². The average Bonchev–Trinajstić information content (AvgIpc) is 3.46. The van der Waals surface area contributed by atoms with Crippen molar-refractivity contribution in [1.82, 2.24) is 9.88 Å². The molecule has 3 rings (SSSR count). The molecule has 0 bridgehead atoms. The number of rotatable bonds is 7. The van der Waals surface area contributed by atoms with Crippen LogP contribution in [0.3, 0.4) is 0 Å². The number of hydrogen-bond acceptors (Lipinski definition) is 7. The third-order valence-electron chi connectivity index (χ3n) is 5.06. The number of thiophene rings is 1. The lowest BCUT2D eigenvalue weighted by Gasteiger charge is -2.22.